The number of aryl methyl sites for hydroxylation is 1. The second-order valence-corrected chi connectivity index (χ2v) is 6.75. The third-order valence-corrected chi connectivity index (χ3v) is 4.38. The average Bonchev–Trinajstić information content (AvgIpc) is 2.89. The highest BCUT2D eigenvalue weighted by Gasteiger charge is 2.22. The Morgan fingerprint density at radius 2 is 2.19 bits per heavy atom. The van der Waals surface area contributed by atoms with Gasteiger partial charge in [-0.25, -0.2) is 0 Å². The predicted molar refractivity (Wildman–Crippen MR) is 89.7 cm³/mol. The molecule has 1 aliphatic rings. The minimum absolute atomic E-state index is 0.317. The Labute approximate surface area is 129 Å². The number of benzene rings is 1. The lowest BCUT2D eigenvalue weighted by molar-refractivity contribution is 0.263. The molecule has 1 saturated heterocycles. The molecule has 1 unspecified atom stereocenters. The van der Waals surface area contributed by atoms with Crippen LogP contribution in [0.25, 0.3) is 0 Å². The number of nitrogens with one attached hydrogen (secondary N) is 1. The molecule has 2 N–H and O–H groups in total. The molecule has 0 bridgehead atoms. The highest BCUT2D eigenvalue weighted by molar-refractivity contribution is 5.51. The molecular weight excluding hydrogens is 260 g/mol. The van der Waals surface area contributed by atoms with Crippen LogP contribution in [0, 0.1) is 18.8 Å². The third-order valence-electron chi connectivity index (χ3n) is 4.38. The van der Waals surface area contributed by atoms with Crippen molar-refractivity contribution in [2.75, 3.05) is 31.1 Å². The minimum atomic E-state index is 0.317. The molecule has 21 heavy (non-hydrogen) atoms. The Morgan fingerprint density at radius 3 is 2.86 bits per heavy atom. The predicted octanol–water partition coefficient (Wildman–Crippen LogP) is 2.95. The zero-order valence-electron chi connectivity index (χ0n) is 13.7. The molecule has 1 aromatic carbocycles. The molecule has 0 aliphatic carbocycles. The first kappa shape index (κ1) is 16.3. The number of aliphatic hydroxyl groups is 1. The molecular formula is C18H30N2O. The van der Waals surface area contributed by atoms with Gasteiger partial charge in [0.05, 0.1) is 0 Å². The molecule has 3 heteroatoms. The highest BCUT2D eigenvalue weighted by Crippen LogP contribution is 2.27. The van der Waals surface area contributed by atoms with Gasteiger partial charge in [0.15, 0.2) is 0 Å². The van der Waals surface area contributed by atoms with Crippen LogP contribution in [0.2, 0.25) is 0 Å². The van der Waals surface area contributed by atoms with Crippen LogP contribution in [0.5, 0.6) is 0 Å². The first-order valence-corrected chi connectivity index (χ1v) is 8.26. The van der Waals surface area contributed by atoms with E-state index in [2.05, 4.69) is 49.2 Å². The van der Waals surface area contributed by atoms with Gasteiger partial charge in [-0.1, -0.05) is 19.9 Å². The van der Waals surface area contributed by atoms with Gasteiger partial charge in [-0.15, -0.1) is 0 Å². The SMILES string of the molecule is Cc1cc(N2CCC(CCO)C2)ccc1CNCC(C)C. The van der Waals surface area contributed by atoms with Crippen LogP contribution in [0.3, 0.4) is 0 Å². The summed E-state index contributed by atoms with van der Waals surface area (Å²) in [5.41, 5.74) is 4.10. The quantitative estimate of drug-likeness (QED) is 0.810. The summed E-state index contributed by atoms with van der Waals surface area (Å²) >= 11 is 0. The zero-order valence-corrected chi connectivity index (χ0v) is 13.7. The van der Waals surface area contributed by atoms with Gasteiger partial charge in [-0.3, -0.25) is 0 Å². The second kappa shape index (κ2) is 7.81. The standard InChI is InChI=1S/C18H30N2O/c1-14(2)11-19-12-17-4-5-18(10-15(17)3)20-8-6-16(13-20)7-9-21/h4-5,10,14,16,19,21H,6-9,11-13H2,1-3H3. The van der Waals surface area contributed by atoms with E-state index in [0.717, 1.165) is 32.6 Å². The molecule has 1 aromatic rings. The van der Waals surface area contributed by atoms with E-state index in [0.29, 0.717) is 18.4 Å². The highest BCUT2D eigenvalue weighted by atomic mass is 16.3. The van der Waals surface area contributed by atoms with Crippen molar-refractivity contribution >= 4 is 5.69 Å². The maximum Gasteiger partial charge on any atom is 0.0434 e. The monoisotopic (exact) mass is 290 g/mol. The van der Waals surface area contributed by atoms with E-state index >= 15 is 0 Å². The van der Waals surface area contributed by atoms with Crippen LogP contribution in [0.4, 0.5) is 5.69 Å². The average molecular weight is 290 g/mol. The van der Waals surface area contributed by atoms with Crippen LogP contribution in [-0.2, 0) is 6.54 Å². The summed E-state index contributed by atoms with van der Waals surface area (Å²) in [6, 6.07) is 6.83. The van der Waals surface area contributed by atoms with Crippen LogP contribution in [-0.4, -0.2) is 31.3 Å². The fourth-order valence-electron chi connectivity index (χ4n) is 3.06. The molecule has 0 spiro atoms. The Morgan fingerprint density at radius 1 is 1.38 bits per heavy atom. The number of anilines is 1. The molecule has 1 heterocycles. The number of nitrogens with zero attached hydrogens (tertiary/aromatic N) is 1. The molecule has 0 saturated carbocycles. The molecule has 118 valence electrons. The van der Waals surface area contributed by atoms with E-state index < -0.39 is 0 Å². The van der Waals surface area contributed by atoms with Gasteiger partial charge in [-0.05, 0) is 61.4 Å². The van der Waals surface area contributed by atoms with Crippen molar-refractivity contribution in [1.29, 1.82) is 0 Å². The van der Waals surface area contributed by atoms with E-state index in [4.69, 9.17) is 5.11 Å². The lowest BCUT2D eigenvalue weighted by atomic mass is 10.1. The van der Waals surface area contributed by atoms with Crippen LogP contribution >= 0.6 is 0 Å². The van der Waals surface area contributed by atoms with Crippen LogP contribution in [0.1, 0.15) is 37.8 Å². The van der Waals surface area contributed by atoms with E-state index in [1.54, 1.807) is 0 Å². The molecule has 1 fully saturated rings. The van der Waals surface area contributed by atoms with Gasteiger partial charge in [0.2, 0.25) is 0 Å². The van der Waals surface area contributed by atoms with Gasteiger partial charge in [0.25, 0.3) is 0 Å². The third kappa shape index (κ3) is 4.72. The van der Waals surface area contributed by atoms with Crippen molar-refractivity contribution in [3.05, 3.63) is 29.3 Å². The first-order chi connectivity index (χ1) is 10.1. The molecule has 0 aromatic heterocycles. The number of aliphatic hydroxyl groups excluding tert-OH is 1. The van der Waals surface area contributed by atoms with E-state index in [1.165, 1.54) is 23.2 Å². The molecule has 1 aliphatic heterocycles. The topological polar surface area (TPSA) is 35.5 Å². The van der Waals surface area contributed by atoms with Crippen molar-refractivity contribution in [3.8, 4) is 0 Å². The smallest absolute Gasteiger partial charge is 0.0434 e. The zero-order chi connectivity index (χ0) is 15.2. The van der Waals surface area contributed by atoms with Crippen molar-refractivity contribution < 1.29 is 5.11 Å². The maximum atomic E-state index is 9.06. The molecule has 3 nitrogen and oxygen atoms in total. The Bertz CT molecular complexity index is 445. The number of hydrogen-bond donors (Lipinski definition) is 2. The van der Waals surface area contributed by atoms with Crippen molar-refractivity contribution in [2.24, 2.45) is 11.8 Å². The van der Waals surface area contributed by atoms with E-state index in [9.17, 15) is 0 Å². The summed E-state index contributed by atoms with van der Waals surface area (Å²) in [5.74, 6) is 1.35. The maximum absolute atomic E-state index is 9.06. The van der Waals surface area contributed by atoms with E-state index in [-0.39, 0.29) is 0 Å². The summed E-state index contributed by atoms with van der Waals surface area (Å²) in [4.78, 5) is 2.46. The summed E-state index contributed by atoms with van der Waals surface area (Å²) in [5, 5.41) is 12.6. The fraction of sp³-hybridized carbons (Fsp3) is 0.667. The van der Waals surface area contributed by atoms with Crippen molar-refractivity contribution in [2.45, 2.75) is 40.2 Å². The fourth-order valence-corrected chi connectivity index (χ4v) is 3.06. The van der Waals surface area contributed by atoms with Gasteiger partial charge >= 0.3 is 0 Å². The lowest BCUT2D eigenvalue weighted by Gasteiger charge is -2.20. The van der Waals surface area contributed by atoms with Crippen molar-refractivity contribution in [3.63, 3.8) is 0 Å². The van der Waals surface area contributed by atoms with Gasteiger partial charge in [-0.2, -0.15) is 0 Å². The number of rotatable bonds is 7. The Kier molecular flexibility index (Phi) is 6.07. The number of hydrogen-bond acceptors (Lipinski definition) is 3. The van der Waals surface area contributed by atoms with Gasteiger partial charge in [0.1, 0.15) is 0 Å². The summed E-state index contributed by atoms with van der Waals surface area (Å²) in [7, 11) is 0. The van der Waals surface area contributed by atoms with E-state index in [1.807, 2.05) is 0 Å². The minimum Gasteiger partial charge on any atom is -0.396 e. The second-order valence-electron chi connectivity index (χ2n) is 6.75. The summed E-state index contributed by atoms with van der Waals surface area (Å²) in [6.07, 6.45) is 2.14. The molecule has 2 rings (SSSR count). The summed E-state index contributed by atoms with van der Waals surface area (Å²) < 4.78 is 0. The molecule has 0 amide bonds. The summed E-state index contributed by atoms with van der Waals surface area (Å²) in [6.45, 7) is 11.2. The Hall–Kier alpha value is -1.06. The lowest BCUT2D eigenvalue weighted by Crippen LogP contribution is -2.21. The van der Waals surface area contributed by atoms with Gasteiger partial charge in [0, 0.05) is 31.9 Å². The van der Waals surface area contributed by atoms with Gasteiger partial charge < -0.3 is 15.3 Å². The normalized spacial score (nSPS) is 18.7. The molecule has 0 radical (unpaired) electrons. The first-order valence-electron chi connectivity index (χ1n) is 8.26. The largest absolute Gasteiger partial charge is 0.396 e. The molecule has 1 atom stereocenters. The van der Waals surface area contributed by atoms with Crippen LogP contribution < -0.4 is 10.2 Å². The van der Waals surface area contributed by atoms with Crippen LogP contribution in [0.15, 0.2) is 18.2 Å². The Balaban J connectivity index is 1.93. The van der Waals surface area contributed by atoms with Crippen molar-refractivity contribution in [1.82, 2.24) is 5.32 Å².